The van der Waals surface area contributed by atoms with Gasteiger partial charge in [-0.15, -0.1) is 11.3 Å². The van der Waals surface area contributed by atoms with Gasteiger partial charge in [0.15, 0.2) is 5.51 Å². The lowest BCUT2D eigenvalue weighted by Crippen LogP contribution is -2.08. The number of aromatic nitrogens is 1. The molecule has 0 aliphatic rings. The van der Waals surface area contributed by atoms with Gasteiger partial charge < -0.3 is 4.90 Å². The van der Waals surface area contributed by atoms with Gasteiger partial charge in [-0.1, -0.05) is 0 Å². The third kappa shape index (κ3) is 1.99. The lowest BCUT2D eigenvalue weighted by Gasteiger charge is -2.12. The molecule has 0 aliphatic carbocycles. The Hall–Kier alpha value is -1.42. The van der Waals surface area contributed by atoms with E-state index in [1.807, 2.05) is 25.1 Å². The van der Waals surface area contributed by atoms with Crippen LogP contribution in [-0.2, 0) is 0 Å². The molecule has 0 saturated carbocycles. The van der Waals surface area contributed by atoms with Gasteiger partial charge in [0.2, 0.25) is 0 Å². The van der Waals surface area contributed by atoms with E-state index in [0.29, 0.717) is 11.3 Å². The Morgan fingerprint density at radius 1 is 1.40 bits per heavy atom. The van der Waals surface area contributed by atoms with Crippen molar-refractivity contribution in [1.29, 1.82) is 0 Å². The molecular weight excluding hydrogens is 211 g/mol. The second-order valence-electron chi connectivity index (χ2n) is 3.38. The lowest BCUT2D eigenvalue weighted by molar-refractivity contribution is 0.630. The van der Waals surface area contributed by atoms with E-state index in [1.54, 1.807) is 11.4 Å². The van der Waals surface area contributed by atoms with Crippen LogP contribution < -0.4 is 4.90 Å². The zero-order chi connectivity index (χ0) is 10.8. The fourth-order valence-corrected chi connectivity index (χ4v) is 1.79. The van der Waals surface area contributed by atoms with Gasteiger partial charge in [0.25, 0.3) is 0 Å². The van der Waals surface area contributed by atoms with E-state index >= 15 is 0 Å². The molecule has 0 saturated heterocycles. The summed E-state index contributed by atoms with van der Waals surface area (Å²) in [6, 6.07) is 5.12. The minimum atomic E-state index is -0.250. The third-order valence-electron chi connectivity index (χ3n) is 2.13. The van der Waals surface area contributed by atoms with E-state index in [9.17, 15) is 4.39 Å². The number of benzene rings is 1. The molecule has 0 aliphatic heterocycles. The second kappa shape index (κ2) is 3.98. The highest BCUT2D eigenvalue weighted by atomic mass is 32.1. The molecule has 2 aromatic rings. The molecule has 0 amide bonds. The first kappa shape index (κ1) is 10.1. The third-order valence-corrected chi connectivity index (χ3v) is 2.67. The molecule has 2 rings (SSSR count). The van der Waals surface area contributed by atoms with Crippen molar-refractivity contribution in [2.24, 2.45) is 0 Å². The average Bonchev–Trinajstić information content (AvgIpc) is 2.70. The van der Waals surface area contributed by atoms with Crippen LogP contribution in [0.15, 0.2) is 23.6 Å². The average molecular weight is 221 g/mol. The SMILES string of the molecule is CN(C)c1ccc(-c2cs[c]n2)c(F)c1. The molecule has 0 N–H and O–H groups in total. The van der Waals surface area contributed by atoms with Crippen LogP contribution in [0.4, 0.5) is 10.1 Å². The number of halogens is 1. The summed E-state index contributed by atoms with van der Waals surface area (Å²) in [4.78, 5) is 5.82. The quantitative estimate of drug-likeness (QED) is 0.775. The summed E-state index contributed by atoms with van der Waals surface area (Å²) in [7, 11) is 3.76. The maximum atomic E-state index is 13.7. The number of thiazole rings is 1. The maximum absolute atomic E-state index is 13.7. The molecule has 1 radical (unpaired) electrons. The molecule has 0 spiro atoms. The van der Waals surface area contributed by atoms with Crippen molar-refractivity contribution in [3.63, 3.8) is 0 Å². The number of rotatable bonds is 2. The summed E-state index contributed by atoms with van der Waals surface area (Å²) in [5.41, 5.74) is 4.72. The minimum Gasteiger partial charge on any atom is -0.378 e. The van der Waals surface area contributed by atoms with Crippen LogP contribution >= 0.6 is 11.3 Å². The Kier molecular flexibility index (Phi) is 2.68. The van der Waals surface area contributed by atoms with Crippen molar-refractivity contribution in [2.45, 2.75) is 0 Å². The van der Waals surface area contributed by atoms with Gasteiger partial charge in [-0.3, -0.25) is 0 Å². The minimum absolute atomic E-state index is 0.250. The molecule has 15 heavy (non-hydrogen) atoms. The van der Waals surface area contributed by atoms with Gasteiger partial charge in [0.05, 0.1) is 5.69 Å². The van der Waals surface area contributed by atoms with E-state index in [2.05, 4.69) is 10.5 Å². The summed E-state index contributed by atoms with van der Waals surface area (Å²) in [6.07, 6.45) is 0. The van der Waals surface area contributed by atoms with E-state index in [0.717, 1.165) is 5.69 Å². The fraction of sp³-hybridized carbons (Fsp3) is 0.182. The molecule has 0 unspecified atom stereocenters. The van der Waals surface area contributed by atoms with Gasteiger partial charge in [-0.2, -0.15) is 0 Å². The highest BCUT2D eigenvalue weighted by molar-refractivity contribution is 7.07. The number of nitrogens with zero attached hydrogens (tertiary/aromatic N) is 2. The van der Waals surface area contributed by atoms with Gasteiger partial charge >= 0.3 is 0 Å². The van der Waals surface area contributed by atoms with Crippen LogP contribution in [-0.4, -0.2) is 19.1 Å². The summed E-state index contributed by atoms with van der Waals surface area (Å²) in [5.74, 6) is -0.250. The van der Waals surface area contributed by atoms with E-state index < -0.39 is 0 Å². The molecular formula is C11H10FN2S. The standard InChI is InChI=1S/C11H10FN2S/c1-14(2)8-3-4-9(10(12)5-8)11-6-15-7-13-11/h3-6H,1-2H3. The highest BCUT2D eigenvalue weighted by Crippen LogP contribution is 2.25. The molecule has 1 aromatic heterocycles. The topological polar surface area (TPSA) is 16.1 Å². The van der Waals surface area contributed by atoms with Gasteiger partial charge in [0.1, 0.15) is 5.82 Å². The smallest absolute Gasteiger partial charge is 0.152 e. The van der Waals surface area contributed by atoms with Crippen molar-refractivity contribution in [2.75, 3.05) is 19.0 Å². The Balaban J connectivity index is 2.44. The summed E-state index contributed by atoms with van der Waals surface area (Å²) < 4.78 is 13.7. The molecule has 0 bridgehead atoms. The van der Waals surface area contributed by atoms with Crippen molar-refractivity contribution in [3.8, 4) is 11.3 Å². The van der Waals surface area contributed by atoms with Crippen LogP contribution in [0.3, 0.4) is 0 Å². The Bertz CT molecular complexity index is 452. The highest BCUT2D eigenvalue weighted by Gasteiger charge is 2.08. The summed E-state index contributed by atoms with van der Waals surface area (Å²) in [5, 5.41) is 1.79. The Morgan fingerprint density at radius 2 is 2.20 bits per heavy atom. The van der Waals surface area contributed by atoms with Crippen LogP contribution in [0.1, 0.15) is 0 Å². The number of hydrogen-bond acceptors (Lipinski definition) is 3. The monoisotopic (exact) mass is 221 g/mol. The van der Waals surface area contributed by atoms with Crippen molar-refractivity contribution in [3.05, 3.63) is 34.9 Å². The molecule has 1 aromatic carbocycles. The Labute approximate surface area is 92.0 Å². The number of anilines is 1. The molecule has 1 heterocycles. The largest absolute Gasteiger partial charge is 0.378 e. The summed E-state index contributed by atoms with van der Waals surface area (Å²) in [6.45, 7) is 0. The zero-order valence-electron chi connectivity index (χ0n) is 8.49. The van der Waals surface area contributed by atoms with Gasteiger partial charge in [-0.05, 0) is 18.2 Å². The Morgan fingerprint density at radius 3 is 2.73 bits per heavy atom. The predicted molar refractivity (Wildman–Crippen MR) is 60.7 cm³/mol. The van der Waals surface area contributed by atoms with E-state index in [1.165, 1.54) is 17.4 Å². The van der Waals surface area contributed by atoms with Crippen LogP contribution in [0, 0.1) is 11.3 Å². The summed E-state index contributed by atoms with van der Waals surface area (Å²) >= 11 is 1.34. The molecule has 0 atom stereocenters. The molecule has 0 fully saturated rings. The van der Waals surface area contributed by atoms with Crippen molar-refractivity contribution < 1.29 is 4.39 Å². The fourth-order valence-electron chi connectivity index (χ4n) is 1.30. The van der Waals surface area contributed by atoms with E-state index in [-0.39, 0.29) is 5.82 Å². The van der Waals surface area contributed by atoms with Crippen LogP contribution in [0.5, 0.6) is 0 Å². The van der Waals surface area contributed by atoms with Crippen molar-refractivity contribution in [1.82, 2.24) is 4.98 Å². The molecule has 2 nitrogen and oxygen atoms in total. The van der Waals surface area contributed by atoms with Crippen molar-refractivity contribution >= 4 is 17.0 Å². The zero-order valence-corrected chi connectivity index (χ0v) is 9.31. The second-order valence-corrected chi connectivity index (χ2v) is 4.04. The van der Waals surface area contributed by atoms with Gasteiger partial charge in [-0.25, -0.2) is 9.37 Å². The van der Waals surface area contributed by atoms with Crippen LogP contribution in [0.25, 0.3) is 11.3 Å². The molecule has 4 heteroatoms. The first-order valence-corrected chi connectivity index (χ1v) is 5.35. The number of hydrogen-bond donors (Lipinski definition) is 0. The first-order chi connectivity index (χ1) is 7.18. The first-order valence-electron chi connectivity index (χ1n) is 4.47. The maximum Gasteiger partial charge on any atom is 0.152 e. The molecule has 77 valence electrons. The normalized spacial score (nSPS) is 10.3. The van der Waals surface area contributed by atoms with Gasteiger partial charge in [0, 0.05) is 30.7 Å². The predicted octanol–water partition coefficient (Wildman–Crippen LogP) is 2.82. The lowest BCUT2D eigenvalue weighted by atomic mass is 10.1. The van der Waals surface area contributed by atoms with E-state index in [4.69, 9.17) is 0 Å². The van der Waals surface area contributed by atoms with Crippen LogP contribution in [0.2, 0.25) is 0 Å².